The molecular weight excluding hydrogens is 332 g/mol. The molecule has 3 nitrogen and oxygen atoms in total. The Kier molecular flexibility index (Phi) is 4.81. The number of aromatic nitrogens is 1. The van der Waals surface area contributed by atoms with E-state index >= 15 is 0 Å². The normalized spacial score (nSPS) is 12.8. The highest BCUT2D eigenvalue weighted by molar-refractivity contribution is 5.93. The number of nitrogens with zero attached hydrogens (tertiary/aromatic N) is 2. The van der Waals surface area contributed by atoms with Crippen molar-refractivity contribution < 1.29 is 5.11 Å². The number of hydrogen-bond acceptors (Lipinski definition) is 3. The van der Waals surface area contributed by atoms with E-state index < -0.39 is 0 Å². The van der Waals surface area contributed by atoms with Crippen molar-refractivity contribution in [3.8, 4) is 5.75 Å². The molecule has 1 aromatic heterocycles. The van der Waals surface area contributed by atoms with Crippen molar-refractivity contribution in [2.24, 2.45) is 4.99 Å². The zero-order chi connectivity index (χ0) is 19.8. The summed E-state index contributed by atoms with van der Waals surface area (Å²) in [7, 11) is 0. The minimum absolute atomic E-state index is 0.0166. The Hall–Kier alpha value is -2.68. The van der Waals surface area contributed by atoms with E-state index in [2.05, 4.69) is 57.6 Å². The monoisotopic (exact) mass is 360 g/mol. The second-order valence-corrected chi connectivity index (χ2v) is 9.07. The van der Waals surface area contributed by atoms with Crippen LogP contribution in [0.1, 0.15) is 58.2 Å². The molecule has 2 aromatic carbocycles. The molecule has 0 atom stereocenters. The topological polar surface area (TPSA) is 45.5 Å². The highest BCUT2D eigenvalue weighted by atomic mass is 16.3. The highest BCUT2D eigenvalue weighted by Crippen LogP contribution is 2.37. The second-order valence-electron chi connectivity index (χ2n) is 9.07. The van der Waals surface area contributed by atoms with Gasteiger partial charge in [0.2, 0.25) is 0 Å². The molecule has 0 fully saturated rings. The molecule has 0 unspecified atom stereocenters. The smallest absolute Gasteiger partial charge is 0.128 e. The summed E-state index contributed by atoms with van der Waals surface area (Å²) in [4.78, 5) is 9.12. The average Bonchev–Trinajstić information content (AvgIpc) is 2.58. The van der Waals surface area contributed by atoms with Gasteiger partial charge < -0.3 is 5.11 Å². The molecule has 0 radical (unpaired) electrons. The van der Waals surface area contributed by atoms with Gasteiger partial charge >= 0.3 is 0 Å². The first-order valence-electron chi connectivity index (χ1n) is 9.33. The lowest BCUT2D eigenvalue weighted by molar-refractivity contribution is 0.444. The quantitative estimate of drug-likeness (QED) is 0.546. The molecule has 3 rings (SSSR count). The molecule has 1 N–H and O–H groups in total. The van der Waals surface area contributed by atoms with Crippen molar-refractivity contribution in [1.29, 1.82) is 0 Å². The summed E-state index contributed by atoms with van der Waals surface area (Å²) in [6.07, 6.45) is 3.53. The molecule has 0 saturated heterocycles. The first kappa shape index (κ1) is 19.1. The number of phenols is 1. The molecule has 0 amide bonds. The Bertz CT molecular complexity index is 1000. The number of aromatic hydroxyl groups is 1. The fraction of sp³-hybridized carbons (Fsp3) is 0.333. The Balaban J connectivity index is 2.14. The zero-order valence-electron chi connectivity index (χ0n) is 17.0. The number of aliphatic imine (C=N–C) groups is 1. The lowest BCUT2D eigenvalue weighted by Gasteiger charge is -2.27. The molecule has 140 valence electrons. The second kappa shape index (κ2) is 6.80. The number of fused-ring (bicyclic) bond motifs is 1. The zero-order valence-corrected chi connectivity index (χ0v) is 17.0. The summed E-state index contributed by atoms with van der Waals surface area (Å²) >= 11 is 0. The molecule has 0 aliphatic heterocycles. The lowest BCUT2D eigenvalue weighted by Crippen LogP contribution is -2.17. The van der Waals surface area contributed by atoms with Gasteiger partial charge in [-0.25, -0.2) is 0 Å². The number of phenolic OH excluding ortho intramolecular Hbond substituents is 1. The van der Waals surface area contributed by atoms with E-state index in [9.17, 15) is 5.11 Å². The standard InChI is InChI=1S/C24H28N2O/c1-23(2,3)18-13-17(22(27)19(14-18)24(4,5)6)15-26-20-11-7-9-16-10-8-12-25-21(16)20/h7-15,27H,1-6H3/b26-15+. The largest absolute Gasteiger partial charge is 0.507 e. The fourth-order valence-electron chi connectivity index (χ4n) is 3.09. The van der Waals surface area contributed by atoms with Crippen molar-refractivity contribution in [3.63, 3.8) is 0 Å². The van der Waals surface area contributed by atoms with Gasteiger partial charge in [-0.05, 0) is 34.6 Å². The summed E-state index contributed by atoms with van der Waals surface area (Å²) in [5.41, 5.74) is 4.34. The van der Waals surface area contributed by atoms with Crippen molar-refractivity contribution in [2.75, 3.05) is 0 Å². The Morgan fingerprint density at radius 3 is 2.30 bits per heavy atom. The van der Waals surface area contributed by atoms with Crippen LogP contribution in [0.15, 0.2) is 53.7 Å². The highest BCUT2D eigenvalue weighted by Gasteiger charge is 2.24. The number of benzene rings is 2. The van der Waals surface area contributed by atoms with Gasteiger partial charge in [0.1, 0.15) is 5.75 Å². The van der Waals surface area contributed by atoms with Gasteiger partial charge in [-0.3, -0.25) is 9.98 Å². The van der Waals surface area contributed by atoms with E-state index in [1.165, 1.54) is 5.56 Å². The minimum atomic E-state index is -0.158. The summed E-state index contributed by atoms with van der Waals surface area (Å²) < 4.78 is 0. The molecule has 0 aliphatic carbocycles. The van der Waals surface area contributed by atoms with Gasteiger partial charge in [0.15, 0.2) is 0 Å². The maximum absolute atomic E-state index is 10.9. The van der Waals surface area contributed by atoms with Crippen LogP contribution in [0, 0.1) is 0 Å². The Morgan fingerprint density at radius 2 is 1.63 bits per heavy atom. The third-order valence-corrected chi connectivity index (χ3v) is 4.77. The first-order chi connectivity index (χ1) is 12.6. The van der Waals surface area contributed by atoms with Crippen LogP contribution in [-0.4, -0.2) is 16.3 Å². The Morgan fingerprint density at radius 1 is 0.926 bits per heavy atom. The van der Waals surface area contributed by atoms with Crippen LogP contribution in [0.25, 0.3) is 10.9 Å². The molecule has 0 bridgehead atoms. The van der Waals surface area contributed by atoms with E-state index in [-0.39, 0.29) is 10.8 Å². The van der Waals surface area contributed by atoms with Crippen molar-refractivity contribution >= 4 is 22.8 Å². The van der Waals surface area contributed by atoms with Crippen LogP contribution < -0.4 is 0 Å². The van der Waals surface area contributed by atoms with Gasteiger partial charge in [0.25, 0.3) is 0 Å². The van der Waals surface area contributed by atoms with Crippen LogP contribution in [0.4, 0.5) is 5.69 Å². The number of rotatable bonds is 2. The van der Waals surface area contributed by atoms with Crippen molar-refractivity contribution in [1.82, 2.24) is 4.98 Å². The summed E-state index contributed by atoms with van der Waals surface area (Å²) in [5.74, 6) is 0.299. The summed E-state index contributed by atoms with van der Waals surface area (Å²) in [5, 5.41) is 12.0. The van der Waals surface area contributed by atoms with Crippen LogP contribution in [-0.2, 0) is 10.8 Å². The SMILES string of the molecule is CC(C)(C)c1cc(/C=N/c2cccc3cccnc23)c(O)c(C(C)(C)C)c1. The maximum atomic E-state index is 10.9. The molecule has 0 aliphatic rings. The number of hydrogen-bond donors (Lipinski definition) is 1. The average molecular weight is 361 g/mol. The van der Waals surface area contributed by atoms with Gasteiger partial charge in [-0.15, -0.1) is 0 Å². The molecule has 3 heteroatoms. The third-order valence-electron chi connectivity index (χ3n) is 4.77. The van der Waals surface area contributed by atoms with Crippen LogP contribution in [0.3, 0.4) is 0 Å². The van der Waals surface area contributed by atoms with Crippen molar-refractivity contribution in [3.05, 3.63) is 65.4 Å². The molecule has 0 saturated carbocycles. The molecule has 3 aromatic rings. The molecule has 0 spiro atoms. The minimum Gasteiger partial charge on any atom is -0.507 e. The molecule has 27 heavy (non-hydrogen) atoms. The fourth-order valence-corrected chi connectivity index (χ4v) is 3.09. The van der Waals surface area contributed by atoms with Crippen molar-refractivity contribution in [2.45, 2.75) is 52.4 Å². The summed E-state index contributed by atoms with van der Waals surface area (Å²) in [6, 6.07) is 14.0. The predicted molar refractivity (Wildman–Crippen MR) is 115 cm³/mol. The van der Waals surface area contributed by atoms with Gasteiger partial charge in [0, 0.05) is 28.9 Å². The van der Waals surface area contributed by atoms with Crippen LogP contribution in [0.2, 0.25) is 0 Å². The lowest BCUT2D eigenvalue weighted by atomic mass is 9.79. The van der Waals surface area contributed by atoms with Crippen LogP contribution >= 0.6 is 0 Å². The predicted octanol–water partition coefficient (Wildman–Crippen LogP) is 6.29. The van der Waals surface area contributed by atoms with Crippen LogP contribution in [0.5, 0.6) is 5.75 Å². The first-order valence-corrected chi connectivity index (χ1v) is 9.33. The van der Waals surface area contributed by atoms with Gasteiger partial charge in [0.05, 0.1) is 11.2 Å². The van der Waals surface area contributed by atoms with E-state index in [4.69, 9.17) is 0 Å². The summed E-state index contributed by atoms with van der Waals surface area (Å²) in [6.45, 7) is 12.9. The number of pyridine rings is 1. The molecular formula is C24H28N2O. The van der Waals surface area contributed by atoms with E-state index in [1.54, 1.807) is 12.4 Å². The van der Waals surface area contributed by atoms with E-state index in [0.29, 0.717) is 5.75 Å². The number of para-hydroxylation sites is 1. The molecule has 1 heterocycles. The maximum Gasteiger partial charge on any atom is 0.128 e. The van der Waals surface area contributed by atoms with Gasteiger partial charge in [-0.1, -0.05) is 65.8 Å². The Labute approximate surface area is 161 Å². The van der Waals surface area contributed by atoms with E-state index in [0.717, 1.165) is 27.7 Å². The van der Waals surface area contributed by atoms with Gasteiger partial charge in [-0.2, -0.15) is 0 Å². The van der Waals surface area contributed by atoms with E-state index in [1.807, 2.05) is 36.4 Å². The third kappa shape index (κ3) is 4.02.